The van der Waals surface area contributed by atoms with Crippen molar-refractivity contribution in [1.29, 1.82) is 0 Å². The Hall–Kier alpha value is -2.23. The van der Waals surface area contributed by atoms with Crippen LogP contribution in [-0.4, -0.2) is 28.6 Å². The van der Waals surface area contributed by atoms with Crippen LogP contribution >= 0.6 is 0 Å². The first kappa shape index (κ1) is 13.7. The average molecular weight is 284 g/mol. The molecule has 4 heteroatoms. The van der Waals surface area contributed by atoms with E-state index in [1.165, 1.54) is 0 Å². The maximum absolute atomic E-state index is 12.1. The van der Waals surface area contributed by atoms with Crippen LogP contribution in [0.1, 0.15) is 24.4 Å². The Morgan fingerprint density at radius 1 is 1.05 bits per heavy atom. The van der Waals surface area contributed by atoms with Crippen LogP contribution in [0.5, 0.6) is 0 Å². The lowest BCUT2D eigenvalue weighted by atomic mass is 10.1. The van der Waals surface area contributed by atoms with E-state index < -0.39 is 0 Å². The Kier molecular flexibility index (Phi) is 4.24. The first-order valence-corrected chi connectivity index (χ1v) is 7.41. The molecule has 21 heavy (non-hydrogen) atoms. The Balaban J connectivity index is 1.47. The molecule has 0 bridgehead atoms. The largest absolute Gasteiger partial charge is 0.445 e. The number of piperidine rings is 1. The van der Waals surface area contributed by atoms with Crippen LogP contribution in [0.4, 0.5) is 4.79 Å². The lowest BCUT2D eigenvalue weighted by Crippen LogP contribution is -2.39. The van der Waals surface area contributed by atoms with Gasteiger partial charge >= 0.3 is 6.09 Å². The van der Waals surface area contributed by atoms with Gasteiger partial charge in [-0.25, -0.2) is 4.79 Å². The van der Waals surface area contributed by atoms with Crippen LogP contribution in [0.2, 0.25) is 0 Å². The van der Waals surface area contributed by atoms with Crippen molar-refractivity contribution >= 4 is 6.09 Å². The quantitative estimate of drug-likeness (QED) is 0.865. The van der Waals surface area contributed by atoms with Crippen molar-refractivity contribution in [3.05, 3.63) is 60.4 Å². The topological polar surface area (TPSA) is 34.5 Å². The summed E-state index contributed by atoms with van der Waals surface area (Å²) in [5, 5.41) is 0. The number of likely N-dealkylation sites (tertiary alicyclic amines) is 1. The van der Waals surface area contributed by atoms with E-state index in [1.807, 2.05) is 47.4 Å². The number of nitrogens with zero attached hydrogens (tertiary/aromatic N) is 2. The van der Waals surface area contributed by atoms with Gasteiger partial charge in [-0.05, 0) is 30.5 Å². The molecule has 0 spiro atoms. The second kappa shape index (κ2) is 6.48. The molecule has 1 fully saturated rings. The molecule has 0 aliphatic carbocycles. The van der Waals surface area contributed by atoms with Gasteiger partial charge < -0.3 is 14.2 Å². The summed E-state index contributed by atoms with van der Waals surface area (Å²) in [4.78, 5) is 13.9. The van der Waals surface area contributed by atoms with Crippen LogP contribution in [-0.2, 0) is 11.3 Å². The summed E-state index contributed by atoms with van der Waals surface area (Å²) >= 11 is 0. The number of hydrogen-bond donors (Lipinski definition) is 0. The number of rotatable bonds is 3. The summed E-state index contributed by atoms with van der Waals surface area (Å²) in [6, 6.07) is 14.4. The molecule has 0 saturated carbocycles. The molecule has 0 atom stereocenters. The number of benzene rings is 1. The number of hydrogen-bond acceptors (Lipinski definition) is 2. The SMILES string of the molecule is O=C(OCc1ccccc1)N1CCC(n2cccc2)CC1. The summed E-state index contributed by atoms with van der Waals surface area (Å²) in [7, 11) is 0. The van der Waals surface area contributed by atoms with E-state index in [1.54, 1.807) is 0 Å². The normalized spacial score (nSPS) is 15.9. The van der Waals surface area contributed by atoms with E-state index in [0.717, 1.165) is 31.5 Å². The maximum Gasteiger partial charge on any atom is 0.410 e. The predicted molar refractivity (Wildman–Crippen MR) is 80.9 cm³/mol. The molecule has 1 aromatic heterocycles. The van der Waals surface area contributed by atoms with Crippen LogP contribution in [0.25, 0.3) is 0 Å². The van der Waals surface area contributed by atoms with Gasteiger partial charge in [0, 0.05) is 31.5 Å². The maximum atomic E-state index is 12.1. The van der Waals surface area contributed by atoms with Gasteiger partial charge in [0.2, 0.25) is 0 Å². The predicted octanol–water partition coefficient (Wildman–Crippen LogP) is 3.46. The molecule has 0 radical (unpaired) electrons. The second-order valence-corrected chi connectivity index (χ2v) is 5.39. The summed E-state index contributed by atoms with van der Waals surface area (Å²) in [5.74, 6) is 0. The summed E-state index contributed by atoms with van der Waals surface area (Å²) in [6.45, 7) is 1.87. The summed E-state index contributed by atoms with van der Waals surface area (Å²) in [6.07, 6.45) is 5.94. The molecular formula is C17H20N2O2. The number of carbonyl (C=O) groups is 1. The molecule has 4 nitrogen and oxygen atoms in total. The highest BCUT2D eigenvalue weighted by Gasteiger charge is 2.24. The number of aromatic nitrogens is 1. The standard InChI is InChI=1S/C17H20N2O2/c20-17(21-14-15-6-2-1-3-7-15)19-12-8-16(9-13-19)18-10-4-5-11-18/h1-7,10-11,16H,8-9,12-14H2. The molecule has 3 rings (SSSR count). The lowest BCUT2D eigenvalue weighted by Gasteiger charge is -2.32. The van der Waals surface area contributed by atoms with E-state index in [4.69, 9.17) is 4.74 Å². The monoisotopic (exact) mass is 284 g/mol. The molecule has 0 unspecified atom stereocenters. The molecule has 1 amide bonds. The highest BCUT2D eigenvalue weighted by atomic mass is 16.6. The number of ether oxygens (including phenoxy) is 1. The van der Waals surface area contributed by atoms with Gasteiger partial charge in [-0.1, -0.05) is 30.3 Å². The summed E-state index contributed by atoms with van der Waals surface area (Å²) in [5.41, 5.74) is 1.02. The van der Waals surface area contributed by atoms with E-state index >= 15 is 0 Å². The third kappa shape index (κ3) is 3.45. The minimum Gasteiger partial charge on any atom is -0.445 e. The fraction of sp³-hybridized carbons (Fsp3) is 0.353. The minimum absolute atomic E-state index is 0.204. The Morgan fingerprint density at radius 2 is 1.71 bits per heavy atom. The van der Waals surface area contributed by atoms with Crippen molar-refractivity contribution in [3.8, 4) is 0 Å². The van der Waals surface area contributed by atoms with Crippen molar-refractivity contribution in [3.63, 3.8) is 0 Å². The van der Waals surface area contributed by atoms with Crippen LogP contribution < -0.4 is 0 Å². The molecule has 0 N–H and O–H groups in total. The summed E-state index contributed by atoms with van der Waals surface area (Å²) < 4.78 is 7.60. The lowest BCUT2D eigenvalue weighted by molar-refractivity contribution is 0.0831. The molecule has 1 saturated heterocycles. The fourth-order valence-corrected chi connectivity index (χ4v) is 2.75. The Bertz CT molecular complexity index is 558. The highest BCUT2D eigenvalue weighted by Crippen LogP contribution is 2.22. The highest BCUT2D eigenvalue weighted by molar-refractivity contribution is 5.67. The van der Waals surface area contributed by atoms with Crippen LogP contribution in [0, 0.1) is 0 Å². The first-order chi connectivity index (χ1) is 10.3. The molecular weight excluding hydrogens is 264 g/mol. The number of amides is 1. The van der Waals surface area contributed by atoms with Gasteiger partial charge in [-0.15, -0.1) is 0 Å². The molecule has 1 aliphatic heterocycles. The zero-order valence-corrected chi connectivity index (χ0v) is 12.0. The Morgan fingerprint density at radius 3 is 2.38 bits per heavy atom. The van der Waals surface area contributed by atoms with E-state index in [-0.39, 0.29) is 6.09 Å². The molecule has 1 aliphatic rings. The second-order valence-electron chi connectivity index (χ2n) is 5.39. The van der Waals surface area contributed by atoms with Gasteiger partial charge in [-0.2, -0.15) is 0 Å². The van der Waals surface area contributed by atoms with Crippen molar-refractivity contribution in [2.24, 2.45) is 0 Å². The zero-order chi connectivity index (χ0) is 14.5. The Labute approximate surface area is 124 Å². The third-order valence-electron chi connectivity index (χ3n) is 3.98. The zero-order valence-electron chi connectivity index (χ0n) is 12.0. The van der Waals surface area contributed by atoms with Crippen LogP contribution in [0.15, 0.2) is 54.9 Å². The van der Waals surface area contributed by atoms with E-state index in [0.29, 0.717) is 12.6 Å². The first-order valence-electron chi connectivity index (χ1n) is 7.41. The van der Waals surface area contributed by atoms with Gasteiger partial charge in [0.15, 0.2) is 0 Å². The fourth-order valence-electron chi connectivity index (χ4n) is 2.75. The van der Waals surface area contributed by atoms with Gasteiger partial charge in [0.25, 0.3) is 0 Å². The van der Waals surface area contributed by atoms with E-state index in [2.05, 4.69) is 17.0 Å². The van der Waals surface area contributed by atoms with E-state index in [9.17, 15) is 4.79 Å². The van der Waals surface area contributed by atoms with Crippen molar-refractivity contribution in [1.82, 2.24) is 9.47 Å². The third-order valence-corrected chi connectivity index (χ3v) is 3.98. The van der Waals surface area contributed by atoms with Crippen LogP contribution in [0.3, 0.4) is 0 Å². The molecule has 1 aromatic carbocycles. The minimum atomic E-state index is -0.204. The average Bonchev–Trinajstić information content (AvgIpc) is 3.08. The van der Waals surface area contributed by atoms with Gasteiger partial charge in [0.05, 0.1) is 0 Å². The number of carbonyl (C=O) groups excluding carboxylic acids is 1. The van der Waals surface area contributed by atoms with Crippen molar-refractivity contribution in [2.75, 3.05) is 13.1 Å². The smallest absolute Gasteiger partial charge is 0.410 e. The van der Waals surface area contributed by atoms with Crippen molar-refractivity contribution < 1.29 is 9.53 Å². The molecule has 2 aromatic rings. The van der Waals surface area contributed by atoms with Crippen molar-refractivity contribution in [2.45, 2.75) is 25.5 Å². The molecule has 2 heterocycles. The molecule has 110 valence electrons. The van der Waals surface area contributed by atoms with Gasteiger partial charge in [-0.3, -0.25) is 0 Å². The van der Waals surface area contributed by atoms with Gasteiger partial charge in [0.1, 0.15) is 6.61 Å².